The predicted molar refractivity (Wildman–Crippen MR) is 64.9 cm³/mol. The summed E-state index contributed by atoms with van der Waals surface area (Å²) in [6, 6.07) is 8.34. The zero-order chi connectivity index (χ0) is 11.2. The van der Waals surface area contributed by atoms with Crippen molar-refractivity contribution in [3.05, 3.63) is 29.8 Å². The Morgan fingerprint density at radius 2 is 2.12 bits per heavy atom. The summed E-state index contributed by atoms with van der Waals surface area (Å²) in [5.74, 6) is 1.04. The van der Waals surface area contributed by atoms with Gasteiger partial charge in [-0.1, -0.05) is 38.0 Å². The van der Waals surface area contributed by atoms with Gasteiger partial charge < -0.3 is 9.47 Å². The molecule has 0 radical (unpaired) electrons. The SMILES string of the molecule is CCCCCc1ccccc1OC[C@@H]1CO1. The molecule has 2 rings (SSSR count). The molecule has 0 unspecified atom stereocenters. The van der Waals surface area contributed by atoms with E-state index >= 15 is 0 Å². The summed E-state index contributed by atoms with van der Waals surface area (Å²) in [4.78, 5) is 0. The maximum Gasteiger partial charge on any atom is 0.122 e. The zero-order valence-electron chi connectivity index (χ0n) is 9.95. The number of aryl methyl sites for hydroxylation is 1. The van der Waals surface area contributed by atoms with Gasteiger partial charge in [-0.15, -0.1) is 0 Å². The maximum absolute atomic E-state index is 5.77. The first-order chi connectivity index (χ1) is 7.90. The third-order valence-electron chi connectivity index (χ3n) is 2.85. The summed E-state index contributed by atoms with van der Waals surface area (Å²) >= 11 is 0. The monoisotopic (exact) mass is 220 g/mol. The van der Waals surface area contributed by atoms with Crippen molar-refractivity contribution in [2.24, 2.45) is 0 Å². The van der Waals surface area contributed by atoms with Crippen molar-refractivity contribution in [1.82, 2.24) is 0 Å². The third kappa shape index (κ3) is 3.53. The molecule has 1 aliphatic rings. The quantitative estimate of drug-likeness (QED) is 0.520. The minimum Gasteiger partial charge on any atom is -0.491 e. The molecule has 0 amide bonds. The Labute approximate surface area is 97.6 Å². The van der Waals surface area contributed by atoms with E-state index < -0.39 is 0 Å². The number of ether oxygens (including phenoxy) is 2. The molecule has 0 aromatic heterocycles. The average Bonchev–Trinajstić information content (AvgIpc) is 3.12. The topological polar surface area (TPSA) is 21.8 Å². The summed E-state index contributed by atoms with van der Waals surface area (Å²) in [7, 11) is 0. The highest BCUT2D eigenvalue weighted by Gasteiger charge is 2.23. The highest BCUT2D eigenvalue weighted by Crippen LogP contribution is 2.22. The lowest BCUT2D eigenvalue weighted by molar-refractivity contribution is 0.261. The predicted octanol–water partition coefficient (Wildman–Crippen LogP) is 3.20. The van der Waals surface area contributed by atoms with Crippen LogP contribution in [-0.4, -0.2) is 19.3 Å². The average molecular weight is 220 g/mol. The first kappa shape index (κ1) is 11.5. The van der Waals surface area contributed by atoms with Gasteiger partial charge in [-0.25, -0.2) is 0 Å². The molecular weight excluding hydrogens is 200 g/mol. The van der Waals surface area contributed by atoms with Gasteiger partial charge in [0.05, 0.1) is 6.61 Å². The Hall–Kier alpha value is -1.02. The Kier molecular flexibility index (Phi) is 4.23. The smallest absolute Gasteiger partial charge is 0.122 e. The van der Waals surface area contributed by atoms with E-state index in [1.807, 2.05) is 6.07 Å². The molecule has 0 saturated carbocycles. The second kappa shape index (κ2) is 5.90. The molecule has 1 aromatic carbocycles. The largest absolute Gasteiger partial charge is 0.491 e. The molecule has 0 N–H and O–H groups in total. The molecule has 1 aromatic rings. The summed E-state index contributed by atoms with van der Waals surface area (Å²) in [5.41, 5.74) is 1.33. The molecule has 1 atom stereocenters. The minimum atomic E-state index is 0.337. The van der Waals surface area contributed by atoms with Crippen molar-refractivity contribution < 1.29 is 9.47 Å². The number of epoxide rings is 1. The van der Waals surface area contributed by atoms with Crippen LogP contribution in [-0.2, 0) is 11.2 Å². The highest BCUT2D eigenvalue weighted by atomic mass is 16.6. The van der Waals surface area contributed by atoms with Crippen molar-refractivity contribution in [2.45, 2.75) is 38.7 Å². The second-order valence-corrected chi connectivity index (χ2v) is 4.33. The fraction of sp³-hybridized carbons (Fsp3) is 0.571. The second-order valence-electron chi connectivity index (χ2n) is 4.33. The van der Waals surface area contributed by atoms with Gasteiger partial charge in [-0.2, -0.15) is 0 Å². The van der Waals surface area contributed by atoms with Gasteiger partial charge in [-0.3, -0.25) is 0 Å². The first-order valence-electron chi connectivity index (χ1n) is 6.22. The number of benzene rings is 1. The van der Waals surface area contributed by atoms with Gasteiger partial charge in [0.25, 0.3) is 0 Å². The van der Waals surface area contributed by atoms with Crippen LogP contribution in [0.3, 0.4) is 0 Å². The lowest BCUT2D eigenvalue weighted by Crippen LogP contribution is -2.05. The minimum absolute atomic E-state index is 0.337. The normalized spacial score (nSPS) is 18.4. The Balaban J connectivity index is 1.87. The molecule has 0 aliphatic carbocycles. The van der Waals surface area contributed by atoms with Crippen LogP contribution in [0.25, 0.3) is 0 Å². The molecule has 88 valence electrons. The molecule has 16 heavy (non-hydrogen) atoms. The van der Waals surface area contributed by atoms with Crippen LogP contribution >= 0.6 is 0 Å². The summed E-state index contributed by atoms with van der Waals surface area (Å²) in [6.45, 7) is 3.79. The molecule has 0 spiro atoms. The molecule has 1 saturated heterocycles. The molecule has 2 nitrogen and oxygen atoms in total. The number of rotatable bonds is 7. The van der Waals surface area contributed by atoms with Gasteiger partial charge in [0, 0.05) is 0 Å². The van der Waals surface area contributed by atoms with Crippen molar-refractivity contribution in [3.63, 3.8) is 0 Å². The van der Waals surface area contributed by atoms with Gasteiger partial charge in [0.2, 0.25) is 0 Å². The Morgan fingerprint density at radius 1 is 1.31 bits per heavy atom. The van der Waals surface area contributed by atoms with Crippen molar-refractivity contribution in [2.75, 3.05) is 13.2 Å². The van der Waals surface area contributed by atoms with Crippen LogP contribution < -0.4 is 4.74 Å². The van der Waals surface area contributed by atoms with E-state index in [4.69, 9.17) is 9.47 Å². The van der Waals surface area contributed by atoms with Crippen LogP contribution in [0.4, 0.5) is 0 Å². The van der Waals surface area contributed by atoms with Crippen molar-refractivity contribution in [3.8, 4) is 5.75 Å². The molecule has 0 bridgehead atoms. The zero-order valence-corrected chi connectivity index (χ0v) is 9.95. The highest BCUT2D eigenvalue weighted by molar-refractivity contribution is 5.33. The van der Waals surface area contributed by atoms with Crippen molar-refractivity contribution in [1.29, 1.82) is 0 Å². The fourth-order valence-electron chi connectivity index (χ4n) is 1.76. The van der Waals surface area contributed by atoms with E-state index in [2.05, 4.69) is 25.1 Å². The first-order valence-corrected chi connectivity index (χ1v) is 6.22. The van der Waals surface area contributed by atoms with Crippen molar-refractivity contribution >= 4 is 0 Å². The van der Waals surface area contributed by atoms with Crippen LogP contribution in [0, 0.1) is 0 Å². The van der Waals surface area contributed by atoms with Crippen LogP contribution in [0.2, 0.25) is 0 Å². The lowest BCUT2D eigenvalue weighted by Gasteiger charge is -2.10. The molecular formula is C14H20O2. The summed E-state index contributed by atoms with van der Waals surface area (Å²) < 4.78 is 10.9. The van der Waals surface area contributed by atoms with E-state index in [-0.39, 0.29) is 0 Å². The van der Waals surface area contributed by atoms with E-state index in [0.29, 0.717) is 12.7 Å². The van der Waals surface area contributed by atoms with Crippen LogP contribution in [0.5, 0.6) is 5.75 Å². The summed E-state index contributed by atoms with van der Waals surface area (Å²) in [5, 5.41) is 0. The number of hydrogen-bond donors (Lipinski definition) is 0. The van der Waals surface area contributed by atoms with E-state index in [1.54, 1.807) is 0 Å². The van der Waals surface area contributed by atoms with Gasteiger partial charge in [0.1, 0.15) is 18.5 Å². The third-order valence-corrected chi connectivity index (χ3v) is 2.85. The van der Waals surface area contributed by atoms with Gasteiger partial charge in [0.15, 0.2) is 0 Å². The number of para-hydroxylation sites is 1. The molecule has 1 heterocycles. The lowest BCUT2D eigenvalue weighted by atomic mass is 10.1. The van der Waals surface area contributed by atoms with Gasteiger partial charge >= 0.3 is 0 Å². The number of hydrogen-bond acceptors (Lipinski definition) is 2. The van der Waals surface area contributed by atoms with Crippen LogP contribution in [0.15, 0.2) is 24.3 Å². The van der Waals surface area contributed by atoms with Gasteiger partial charge in [-0.05, 0) is 24.5 Å². The molecule has 1 fully saturated rings. The molecule has 2 heteroatoms. The number of unbranched alkanes of at least 4 members (excludes halogenated alkanes) is 2. The van der Waals surface area contributed by atoms with E-state index in [9.17, 15) is 0 Å². The standard InChI is InChI=1S/C14H20O2/c1-2-3-4-7-12-8-5-6-9-14(12)16-11-13-10-15-13/h5-6,8-9,13H,2-4,7,10-11H2,1H3/t13-/m0/s1. The Bertz CT molecular complexity index is 318. The molecule has 1 aliphatic heterocycles. The Morgan fingerprint density at radius 3 is 2.88 bits per heavy atom. The maximum atomic E-state index is 5.77. The van der Waals surface area contributed by atoms with E-state index in [0.717, 1.165) is 18.8 Å². The van der Waals surface area contributed by atoms with Crippen LogP contribution in [0.1, 0.15) is 31.7 Å². The van der Waals surface area contributed by atoms with E-state index in [1.165, 1.54) is 24.8 Å². The fourth-order valence-corrected chi connectivity index (χ4v) is 1.76. The summed E-state index contributed by atoms with van der Waals surface area (Å²) in [6.07, 6.45) is 5.26.